The van der Waals surface area contributed by atoms with E-state index >= 15 is 0 Å². The average Bonchev–Trinajstić information content (AvgIpc) is 3.33. The van der Waals surface area contributed by atoms with Crippen molar-refractivity contribution in [1.29, 1.82) is 0 Å². The van der Waals surface area contributed by atoms with Crippen LogP contribution in [-0.4, -0.2) is 34.2 Å². The Morgan fingerprint density at radius 1 is 1.44 bits per heavy atom. The van der Waals surface area contributed by atoms with E-state index in [1.165, 1.54) is 0 Å². The van der Waals surface area contributed by atoms with Crippen LogP contribution in [0.4, 0.5) is 0 Å². The van der Waals surface area contributed by atoms with Crippen molar-refractivity contribution in [3.05, 3.63) is 22.7 Å². The Labute approximate surface area is 149 Å². The number of thiophene rings is 1. The van der Waals surface area contributed by atoms with Crippen LogP contribution in [0.1, 0.15) is 44.9 Å². The molecule has 0 saturated heterocycles. The first kappa shape index (κ1) is 17.6. The van der Waals surface area contributed by atoms with Crippen molar-refractivity contribution in [1.82, 2.24) is 15.5 Å². The lowest BCUT2D eigenvalue weighted by molar-refractivity contribution is -0.155. The molecule has 0 bridgehead atoms. The van der Waals surface area contributed by atoms with Crippen LogP contribution >= 0.6 is 11.3 Å². The van der Waals surface area contributed by atoms with Gasteiger partial charge < -0.3 is 14.6 Å². The van der Waals surface area contributed by atoms with E-state index in [4.69, 9.17) is 9.26 Å². The summed E-state index contributed by atoms with van der Waals surface area (Å²) in [6.45, 7) is 1.59. The summed E-state index contributed by atoms with van der Waals surface area (Å²) in [7, 11) is 0. The summed E-state index contributed by atoms with van der Waals surface area (Å²) >= 11 is 1.55. The normalized spacial score (nSPS) is 15.9. The largest absolute Gasteiger partial charge is 0.453 e. The highest BCUT2D eigenvalue weighted by molar-refractivity contribution is 7.08. The number of rotatable bonds is 7. The van der Waals surface area contributed by atoms with Gasteiger partial charge in [0.25, 0.3) is 5.91 Å². The predicted octanol–water partition coefficient (Wildman–Crippen LogP) is 2.72. The third kappa shape index (κ3) is 4.88. The molecule has 2 aromatic rings. The zero-order valence-corrected chi connectivity index (χ0v) is 14.9. The van der Waals surface area contributed by atoms with E-state index in [9.17, 15) is 9.59 Å². The van der Waals surface area contributed by atoms with Gasteiger partial charge in [0.15, 0.2) is 6.10 Å². The smallest absolute Gasteiger partial charge is 0.307 e. The molecule has 8 heteroatoms. The van der Waals surface area contributed by atoms with Crippen LogP contribution in [0.5, 0.6) is 0 Å². The van der Waals surface area contributed by atoms with Gasteiger partial charge >= 0.3 is 5.97 Å². The topological polar surface area (TPSA) is 94.3 Å². The van der Waals surface area contributed by atoms with Gasteiger partial charge in [0.1, 0.15) is 0 Å². The van der Waals surface area contributed by atoms with Crippen molar-refractivity contribution in [3.8, 4) is 11.4 Å². The molecular formula is C17H21N3O4S. The average molecular weight is 363 g/mol. The summed E-state index contributed by atoms with van der Waals surface area (Å²) in [5.74, 6) is 0.192. The maximum Gasteiger partial charge on any atom is 0.307 e. The van der Waals surface area contributed by atoms with Gasteiger partial charge in [-0.05, 0) is 31.2 Å². The second kappa shape index (κ2) is 8.24. The number of hydrogen-bond donors (Lipinski definition) is 1. The van der Waals surface area contributed by atoms with E-state index in [1.807, 2.05) is 16.8 Å². The molecule has 1 aliphatic rings. The number of carbonyl (C=O) groups is 2. The molecule has 0 aromatic carbocycles. The summed E-state index contributed by atoms with van der Waals surface area (Å²) in [6.07, 6.45) is 3.84. The summed E-state index contributed by atoms with van der Waals surface area (Å²) < 4.78 is 10.3. The maximum absolute atomic E-state index is 12.0. The molecule has 0 aliphatic heterocycles. The van der Waals surface area contributed by atoms with Crippen molar-refractivity contribution in [2.24, 2.45) is 0 Å². The van der Waals surface area contributed by atoms with E-state index in [1.54, 1.807) is 18.3 Å². The highest BCUT2D eigenvalue weighted by Gasteiger charge is 2.23. The minimum absolute atomic E-state index is 0.0896. The Balaban J connectivity index is 1.42. The van der Waals surface area contributed by atoms with Crippen molar-refractivity contribution in [2.45, 2.75) is 57.6 Å². The second-order valence-corrected chi connectivity index (χ2v) is 6.93. The highest BCUT2D eigenvalue weighted by atomic mass is 32.1. The van der Waals surface area contributed by atoms with Crippen molar-refractivity contribution in [3.63, 3.8) is 0 Å². The molecule has 3 rings (SSSR count). The fourth-order valence-corrected chi connectivity index (χ4v) is 3.41. The lowest BCUT2D eigenvalue weighted by Crippen LogP contribution is -2.40. The van der Waals surface area contributed by atoms with Crippen LogP contribution in [-0.2, 0) is 20.7 Å². The molecule has 134 valence electrons. The molecule has 1 aliphatic carbocycles. The van der Waals surface area contributed by atoms with Gasteiger partial charge in [-0.25, -0.2) is 0 Å². The van der Waals surface area contributed by atoms with Crippen LogP contribution in [0.25, 0.3) is 11.4 Å². The first-order chi connectivity index (χ1) is 12.1. The molecule has 1 saturated carbocycles. The molecule has 0 spiro atoms. The zero-order valence-electron chi connectivity index (χ0n) is 14.1. The van der Waals surface area contributed by atoms with Gasteiger partial charge in [-0.1, -0.05) is 18.0 Å². The minimum atomic E-state index is -0.794. The maximum atomic E-state index is 12.0. The molecule has 25 heavy (non-hydrogen) atoms. The number of esters is 1. The number of aromatic nitrogens is 2. The van der Waals surface area contributed by atoms with E-state index in [2.05, 4.69) is 15.5 Å². The fourth-order valence-electron chi connectivity index (χ4n) is 2.77. The standard InChI is InChI=1S/C17H21N3O4S/c1-11(17(22)18-13-4-2-3-5-13)23-15(21)7-6-14-19-16(20-24-14)12-8-9-25-10-12/h8-11,13H,2-7H2,1H3,(H,18,22)/t11-/m1/s1. The molecule has 2 aromatic heterocycles. The predicted molar refractivity (Wildman–Crippen MR) is 91.9 cm³/mol. The second-order valence-electron chi connectivity index (χ2n) is 6.15. The van der Waals surface area contributed by atoms with Crippen LogP contribution in [0.2, 0.25) is 0 Å². The molecule has 1 N–H and O–H groups in total. The Bertz CT molecular complexity index is 707. The Morgan fingerprint density at radius 3 is 2.96 bits per heavy atom. The quantitative estimate of drug-likeness (QED) is 0.760. The molecular weight excluding hydrogens is 342 g/mol. The SMILES string of the molecule is C[C@@H](OC(=O)CCc1nc(-c2ccsc2)no1)C(=O)NC1CCCC1. The third-order valence-corrected chi connectivity index (χ3v) is 4.85. The molecule has 7 nitrogen and oxygen atoms in total. The molecule has 1 fully saturated rings. The molecule has 0 unspecified atom stereocenters. The summed E-state index contributed by atoms with van der Waals surface area (Å²) in [4.78, 5) is 28.2. The highest BCUT2D eigenvalue weighted by Crippen LogP contribution is 2.19. The van der Waals surface area contributed by atoms with Crippen LogP contribution in [0, 0.1) is 0 Å². The number of nitrogens with one attached hydrogen (secondary N) is 1. The van der Waals surface area contributed by atoms with Crippen molar-refractivity contribution < 1.29 is 18.8 Å². The Morgan fingerprint density at radius 2 is 2.24 bits per heavy atom. The lowest BCUT2D eigenvalue weighted by Gasteiger charge is -2.16. The Kier molecular flexibility index (Phi) is 5.80. The molecule has 0 radical (unpaired) electrons. The van der Waals surface area contributed by atoms with Gasteiger partial charge in [0.05, 0.1) is 6.42 Å². The van der Waals surface area contributed by atoms with E-state index < -0.39 is 12.1 Å². The van der Waals surface area contributed by atoms with Gasteiger partial charge in [0.2, 0.25) is 11.7 Å². The van der Waals surface area contributed by atoms with Crippen LogP contribution in [0.3, 0.4) is 0 Å². The van der Waals surface area contributed by atoms with Crippen molar-refractivity contribution in [2.75, 3.05) is 0 Å². The van der Waals surface area contributed by atoms with Crippen LogP contribution in [0.15, 0.2) is 21.3 Å². The molecule has 2 heterocycles. The third-order valence-electron chi connectivity index (χ3n) is 4.17. The summed E-state index contributed by atoms with van der Waals surface area (Å²) in [5, 5.41) is 10.7. The van der Waals surface area contributed by atoms with E-state index in [0.717, 1.165) is 31.2 Å². The van der Waals surface area contributed by atoms with Gasteiger partial charge in [-0.3, -0.25) is 9.59 Å². The lowest BCUT2D eigenvalue weighted by atomic mass is 10.2. The minimum Gasteiger partial charge on any atom is -0.453 e. The number of carbonyl (C=O) groups excluding carboxylic acids is 2. The fraction of sp³-hybridized carbons (Fsp3) is 0.529. The number of nitrogens with zero attached hydrogens (tertiary/aromatic N) is 2. The summed E-state index contributed by atoms with van der Waals surface area (Å²) in [5.41, 5.74) is 0.889. The number of ether oxygens (including phenoxy) is 1. The first-order valence-electron chi connectivity index (χ1n) is 8.47. The van der Waals surface area contributed by atoms with E-state index in [0.29, 0.717) is 11.7 Å². The zero-order chi connectivity index (χ0) is 17.6. The van der Waals surface area contributed by atoms with Gasteiger partial charge in [-0.15, -0.1) is 0 Å². The monoisotopic (exact) mass is 363 g/mol. The first-order valence-corrected chi connectivity index (χ1v) is 9.41. The van der Waals surface area contributed by atoms with Gasteiger partial charge in [0, 0.05) is 23.4 Å². The van der Waals surface area contributed by atoms with E-state index in [-0.39, 0.29) is 24.8 Å². The van der Waals surface area contributed by atoms with Crippen molar-refractivity contribution >= 4 is 23.2 Å². The molecule has 1 amide bonds. The van der Waals surface area contributed by atoms with Crippen LogP contribution < -0.4 is 5.32 Å². The number of aryl methyl sites for hydroxylation is 1. The number of amides is 1. The number of hydrogen-bond acceptors (Lipinski definition) is 7. The Hall–Kier alpha value is -2.22. The molecule has 1 atom stereocenters. The van der Waals surface area contributed by atoms with Gasteiger partial charge in [-0.2, -0.15) is 16.3 Å². The summed E-state index contributed by atoms with van der Waals surface area (Å²) in [6, 6.07) is 2.11.